The molecule has 0 aliphatic carbocycles. The van der Waals surface area contributed by atoms with E-state index in [0.717, 1.165) is 19.5 Å². The molecule has 0 spiro atoms. The van der Waals surface area contributed by atoms with E-state index in [2.05, 4.69) is 11.5 Å². The molecule has 2 nitrogen and oxygen atoms in total. The molecule has 0 saturated carbocycles. The van der Waals surface area contributed by atoms with Crippen LogP contribution in [-0.2, 0) is 4.79 Å². The van der Waals surface area contributed by atoms with E-state index in [0.29, 0.717) is 12.3 Å². The topological polar surface area (TPSA) is 20.3 Å². The molecule has 1 aliphatic heterocycles. The van der Waals surface area contributed by atoms with Crippen LogP contribution in [0.3, 0.4) is 0 Å². The Morgan fingerprint density at radius 3 is 1.52 bits per heavy atom. The van der Waals surface area contributed by atoms with E-state index in [1.165, 1.54) is 77.0 Å². The first kappa shape index (κ1) is 18.3. The van der Waals surface area contributed by atoms with Crippen molar-refractivity contribution in [2.75, 3.05) is 13.1 Å². The molecule has 0 unspecified atom stereocenters. The number of amides is 1. The molecule has 0 aromatic carbocycles. The molecule has 1 aliphatic rings. The molecule has 0 N–H and O–H groups in total. The van der Waals surface area contributed by atoms with Gasteiger partial charge in [-0.3, -0.25) is 4.79 Å². The first-order valence-electron chi connectivity index (χ1n) is 9.23. The smallest absolute Gasteiger partial charge is 0.222 e. The lowest BCUT2D eigenvalue weighted by Crippen LogP contribution is -2.32. The molecule has 0 aromatic heterocycles. The summed E-state index contributed by atoms with van der Waals surface area (Å²) < 4.78 is 0. The van der Waals surface area contributed by atoms with Crippen molar-refractivity contribution in [1.82, 2.24) is 4.90 Å². The Hall–Kier alpha value is -0.790. The molecule has 2 heteroatoms. The van der Waals surface area contributed by atoms with Crippen LogP contribution in [0, 0.1) is 0 Å². The molecule has 0 bridgehead atoms. The Balaban J connectivity index is 2.35. The van der Waals surface area contributed by atoms with Crippen molar-refractivity contribution in [3.05, 3.63) is 12.7 Å². The fourth-order valence-electron chi connectivity index (χ4n) is 3.12. The van der Waals surface area contributed by atoms with Crippen molar-refractivity contribution < 1.29 is 4.79 Å². The summed E-state index contributed by atoms with van der Waals surface area (Å²) in [5.41, 5.74) is 0. The molecule has 21 heavy (non-hydrogen) atoms. The van der Waals surface area contributed by atoms with Crippen molar-refractivity contribution in [2.45, 2.75) is 89.9 Å². The van der Waals surface area contributed by atoms with Gasteiger partial charge in [0.25, 0.3) is 0 Å². The summed E-state index contributed by atoms with van der Waals surface area (Å²) in [5.74, 6) is 0.333. The predicted octanol–water partition coefficient (Wildman–Crippen LogP) is 5.48. The van der Waals surface area contributed by atoms with E-state index in [4.69, 9.17) is 0 Å². The minimum absolute atomic E-state index is 0.333. The lowest BCUT2D eigenvalue weighted by molar-refractivity contribution is -0.131. The zero-order valence-corrected chi connectivity index (χ0v) is 14.0. The van der Waals surface area contributed by atoms with Gasteiger partial charge in [-0.05, 0) is 19.3 Å². The normalized spacial score (nSPS) is 20.3. The van der Waals surface area contributed by atoms with E-state index in [-0.39, 0.29) is 0 Å². The number of hydrogen-bond donors (Lipinski definition) is 0. The highest BCUT2D eigenvalue weighted by Crippen LogP contribution is 2.14. The molecule has 1 saturated heterocycles. The van der Waals surface area contributed by atoms with Gasteiger partial charge in [0, 0.05) is 19.5 Å². The van der Waals surface area contributed by atoms with Gasteiger partial charge in [0.1, 0.15) is 0 Å². The van der Waals surface area contributed by atoms with Crippen LogP contribution in [-0.4, -0.2) is 23.9 Å². The summed E-state index contributed by atoms with van der Waals surface area (Å²) in [6.45, 7) is 5.66. The Kier molecular flexibility index (Phi) is 11.2. The molecular weight excluding hydrogens is 258 g/mol. The first-order valence-corrected chi connectivity index (χ1v) is 9.23. The third kappa shape index (κ3) is 9.71. The Bertz CT molecular complexity index is 259. The first-order chi connectivity index (χ1) is 10.3. The summed E-state index contributed by atoms with van der Waals surface area (Å²) >= 11 is 0. The minimum Gasteiger partial charge on any atom is -0.343 e. The van der Waals surface area contributed by atoms with E-state index in [9.17, 15) is 4.79 Å². The molecule has 0 aromatic rings. The lowest BCUT2D eigenvalue weighted by Gasteiger charge is -2.22. The van der Waals surface area contributed by atoms with E-state index >= 15 is 0 Å². The molecule has 122 valence electrons. The Labute approximate surface area is 132 Å². The maximum Gasteiger partial charge on any atom is 0.222 e. The van der Waals surface area contributed by atoms with Gasteiger partial charge in [0.15, 0.2) is 0 Å². The van der Waals surface area contributed by atoms with Crippen LogP contribution in [0.5, 0.6) is 0 Å². The SMILES string of the molecule is C=CCCC(=O)N1CCCCCCCCCCCCCC1. The van der Waals surface area contributed by atoms with Crippen molar-refractivity contribution in [1.29, 1.82) is 0 Å². The van der Waals surface area contributed by atoms with Gasteiger partial charge in [0.05, 0.1) is 0 Å². The zero-order valence-electron chi connectivity index (χ0n) is 14.0. The van der Waals surface area contributed by atoms with Gasteiger partial charge in [-0.2, -0.15) is 0 Å². The van der Waals surface area contributed by atoms with Crippen LogP contribution >= 0.6 is 0 Å². The minimum atomic E-state index is 0.333. The standard InChI is InChI=1S/C19H35NO/c1-2-3-16-19(21)20-17-14-12-10-8-6-4-5-7-9-11-13-15-18-20/h2H,1,3-18H2. The number of carbonyl (C=O) groups excluding carboxylic acids is 1. The fourth-order valence-corrected chi connectivity index (χ4v) is 3.12. The van der Waals surface area contributed by atoms with Crippen molar-refractivity contribution >= 4 is 5.91 Å². The number of carbonyl (C=O) groups is 1. The van der Waals surface area contributed by atoms with Gasteiger partial charge in [-0.1, -0.05) is 70.3 Å². The van der Waals surface area contributed by atoms with Crippen LogP contribution in [0.1, 0.15) is 89.9 Å². The molecular formula is C19H35NO. The van der Waals surface area contributed by atoms with Crippen LogP contribution < -0.4 is 0 Å². The van der Waals surface area contributed by atoms with Crippen LogP contribution in [0.25, 0.3) is 0 Å². The van der Waals surface area contributed by atoms with E-state index < -0.39 is 0 Å². The fraction of sp³-hybridized carbons (Fsp3) is 0.842. The highest BCUT2D eigenvalue weighted by Gasteiger charge is 2.12. The van der Waals surface area contributed by atoms with Gasteiger partial charge < -0.3 is 4.90 Å². The second-order valence-electron chi connectivity index (χ2n) is 6.45. The van der Waals surface area contributed by atoms with Crippen LogP contribution in [0.15, 0.2) is 12.7 Å². The quantitative estimate of drug-likeness (QED) is 0.631. The summed E-state index contributed by atoms with van der Waals surface area (Å²) in [6.07, 6.45) is 19.3. The molecule has 1 fully saturated rings. The third-order valence-corrected chi connectivity index (χ3v) is 4.52. The van der Waals surface area contributed by atoms with E-state index in [1.54, 1.807) is 0 Å². The van der Waals surface area contributed by atoms with Gasteiger partial charge in [-0.25, -0.2) is 0 Å². The number of nitrogens with zero attached hydrogens (tertiary/aromatic N) is 1. The average Bonchev–Trinajstić information content (AvgIpc) is 2.51. The van der Waals surface area contributed by atoms with Gasteiger partial charge >= 0.3 is 0 Å². The Morgan fingerprint density at radius 1 is 0.762 bits per heavy atom. The Morgan fingerprint density at radius 2 is 1.14 bits per heavy atom. The second-order valence-corrected chi connectivity index (χ2v) is 6.45. The molecule has 1 amide bonds. The summed E-state index contributed by atoms with van der Waals surface area (Å²) in [7, 11) is 0. The van der Waals surface area contributed by atoms with E-state index in [1.807, 2.05) is 6.08 Å². The summed E-state index contributed by atoms with van der Waals surface area (Å²) in [5, 5.41) is 0. The van der Waals surface area contributed by atoms with Crippen molar-refractivity contribution in [3.8, 4) is 0 Å². The van der Waals surface area contributed by atoms with Crippen molar-refractivity contribution in [3.63, 3.8) is 0 Å². The molecule has 0 atom stereocenters. The van der Waals surface area contributed by atoms with Crippen LogP contribution in [0.4, 0.5) is 0 Å². The molecule has 1 heterocycles. The number of allylic oxidation sites excluding steroid dienone is 1. The van der Waals surface area contributed by atoms with Crippen LogP contribution in [0.2, 0.25) is 0 Å². The number of hydrogen-bond acceptors (Lipinski definition) is 1. The van der Waals surface area contributed by atoms with Gasteiger partial charge in [-0.15, -0.1) is 6.58 Å². The second kappa shape index (κ2) is 12.9. The van der Waals surface area contributed by atoms with Gasteiger partial charge in [0.2, 0.25) is 5.91 Å². The zero-order chi connectivity index (χ0) is 15.2. The third-order valence-electron chi connectivity index (χ3n) is 4.52. The number of rotatable bonds is 3. The maximum absolute atomic E-state index is 12.2. The molecule has 0 radical (unpaired) electrons. The predicted molar refractivity (Wildman–Crippen MR) is 91.4 cm³/mol. The maximum atomic E-state index is 12.2. The summed E-state index contributed by atoms with van der Waals surface area (Å²) in [4.78, 5) is 14.3. The highest BCUT2D eigenvalue weighted by molar-refractivity contribution is 5.76. The monoisotopic (exact) mass is 293 g/mol. The van der Waals surface area contributed by atoms with Crippen molar-refractivity contribution in [2.24, 2.45) is 0 Å². The average molecular weight is 293 g/mol. The summed E-state index contributed by atoms with van der Waals surface area (Å²) in [6, 6.07) is 0. The highest BCUT2D eigenvalue weighted by atomic mass is 16.2. The molecule has 1 rings (SSSR count). The largest absolute Gasteiger partial charge is 0.343 e. The lowest BCUT2D eigenvalue weighted by atomic mass is 10.1.